The summed E-state index contributed by atoms with van der Waals surface area (Å²) < 4.78 is 13.9. The van der Waals surface area contributed by atoms with Crippen molar-refractivity contribution in [1.82, 2.24) is 9.78 Å². The maximum Gasteiger partial charge on any atom is 0.163 e. The van der Waals surface area contributed by atoms with Gasteiger partial charge in [0.25, 0.3) is 0 Å². The van der Waals surface area contributed by atoms with Crippen LogP contribution in [-0.2, 0) is 16.0 Å². The lowest BCUT2D eigenvalue weighted by molar-refractivity contribution is -0.139. The van der Waals surface area contributed by atoms with Crippen LogP contribution in [0.1, 0.15) is 13.8 Å². The molecule has 0 radical (unpaired) electrons. The number of nitrogens with zero attached hydrogens (tertiary/aromatic N) is 2. The van der Waals surface area contributed by atoms with Gasteiger partial charge in [0.15, 0.2) is 5.79 Å². The predicted octanol–water partition coefficient (Wildman–Crippen LogP) is 1.80. The summed E-state index contributed by atoms with van der Waals surface area (Å²) in [6, 6.07) is 0. The standard InChI is InChI=1S/C9H13BrN2O2/c1-9(2)13-6-8(14-9)5-12-4-7(10)3-11-12/h3-4,8H,5-6H2,1-2H3/t8-/m1/s1. The van der Waals surface area contributed by atoms with Gasteiger partial charge in [-0.15, -0.1) is 0 Å². The van der Waals surface area contributed by atoms with Crippen molar-refractivity contribution in [2.24, 2.45) is 0 Å². The second kappa shape index (κ2) is 3.64. The smallest absolute Gasteiger partial charge is 0.163 e. The van der Waals surface area contributed by atoms with E-state index in [2.05, 4.69) is 21.0 Å². The van der Waals surface area contributed by atoms with Gasteiger partial charge in [0.05, 0.1) is 23.8 Å². The molecular weight excluding hydrogens is 248 g/mol. The largest absolute Gasteiger partial charge is 0.348 e. The summed E-state index contributed by atoms with van der Waals surface area (Å²) in [6.45, 7) is 5.21. The molecule has 0 aromatic carbocycles. The second-order valence-electron chi connectivity index (χ2n) is 3.83. The molecule has 0 bridgehead atoms. The third kappa shape index (κ3) is 2.34. The summed E-state index contributed by atoms with van der Waals surface area (Å²) in [4.78, 5) is 0. The van der Waals surface area contributed by atoms with E-state index in [1.165, 1.54) is 0 Å². The van der Waals surface area contributed by atoms with Crippen molar-refractivity contribution in [3.63, 3.8) is 0 Å². The highest BCUT2D eigenvalue weighted by Gasteiger charge is 2.32. The van der Waals surface area contributed by atoms with Gasteiger partial charge in [-0.05, 0) is 29.8 Å². The van der Waals surface area contributed by atoms with Crippen molar-refractivity contribution >= 4 is 15.9 Å². The first kappa shape index (κ1) is 10.1. The Kier molecular flexibility index (Phi) is 2.64. The Hall–Kier alpha value is -0.390. The molecule has 1 aromatic heterocycles. The SMILES string of the molecule is CC1(C)OC[C@@H](Cn2cc(Br)cn2)O1. The van der Waals surface area contributed by atoms with Gasteiger partial charge in [0.1, 0.15) is 6.10 Å². The molecule has 0 saturated carbocycles. The molecule has 0 spiro atoms. The highest BCUT2D eigenvalue weighted by molar-refractivity contribution is 9.10. The minimum atomic E-state index is -0.449. The first-order chi connectivity index (χ1) is 6.55. The minimum Gasteiger partial charge on any atom is -0.348 e. The molecule has 5 heteroatoms. The maximum atomic E-state index is 5.66. The van der Waals surface area contributed by atoms with Crippen molar-refractivity contribution in [2.45, 2.75) is 32.3 Å². The molecule has 0 aliphatic carbocycles. The first-order valence-electron chi connectivity index (χ1n) is 4.55. The average Bonchev–Trinajstić information content (AvgIpc) is 2.59. The summed E-state index contributed by atoms with van der Waals surface area (Å²) in [7, 11) is 0. The molecule has 14 heavy (non-hydrogen) atoms. The van der Waals surface area contributed by atoms with Crippen LogP contribution in [-0.4, -0.2) is 28.3 Å². The predicted molar refractivity (Wildman–Crippen MR) is 54.8 cm³/mol. The van der Waals surface area contributed by atoms with Crippen molar-refractivity contribution < 1.29 is 9.47 Å². The number of halogens is 1. The zero-order valence-electron chi connectivity index (χ0n) is 8.24. The minimum absolute atomic E-state index is 0.0943. The average molecular weight is 261 g/mol. The molecule has 2 rings (SSSR count). The van der Waals surface area contributed by atoms with Crippen LogP contribution < -0.4 is 0 Å². The molecule has 1 aliphatic rings. The Labute approximate surface area is 91.3 Å². The summed E-state index contributed by atoms with van der Waals surface area (Å²) in [5.41, 5.74) is 0. The van der Waals surface area contributed by atoms with Crippen LogP contribution in [0.3, 0.4) is 0 Å². The van der Waals surface area contributed by atoms with Crippen LogP contribution in [0.25, 0.3) is 0 Å². The van der Waals surface area contributed by atoms with E-state index in [9.17, 15) is 0 Å². The lowest BCUT2D eigenvalue weighted by Crippen LogP contribution is -2.24. The van der Waals surface area contributed by atoms with E-state index in [-0.39, 0.29) is 6.10 Å². The van der Waals surface area contributed by atoms with E-state index in [0.29, 0.717) is 6.61 Å². The van der Waals surface area contributed by atoms with E-state index in [1.807, 2.05) is 24.7 Å². The molecule has 0 unspecified atom stereocenters. The van der Waals surface area contributed by atoms with Crippen molar-refractivity contribution in [2.75, 3.05) is 6.61 Å². The van der Waals surface area contributed by atoms with Crippen LogP contribution >= 0.6 is 15.9 Å². The van der Waals surface area contributed by atoms with Crippen LogP contribution in [0.15, 0.2) is 16.9 Å². The Morgan fingerprint density at radius 1 is 1.71 bits per heavy atom. The lowest BCUT2D eigenvalue weighted by Gasteiger charge is -2.16. The fourth-order valence-electron chi connectivity index (χ4n) is 1.50. The lowest BCUT2D eigenvalue weighted by atomic mass is 10.4. The number of ether oxygens (including phenoxy) is 2. The Balaban J connectivity index is 1.94. The molecule has 0 N–H and O–H groups in total. The molecule has 2 heterocycles. The molecule has 78 valence electrons. The molecule has 1 fully saturated rings. The molecular formula is C9H13BrN2O2. The summed E-state index contributed by atoms with van der Waals surface area (Å²) in [5, 5.41) is 4.16. The van der Waals surface area contributed by atoms with Gasteiger partial charge < -0.3 is 9.47 Å². The Bertz CT molecular complexity index is 324. The third-order valence-corrected chi connectivity index (χ3v) is 2.47. The van der Waals surface area contributed by atoms with Crippen LogP contribution in [0.5, 0.6) is 0 Å². The van der Waals surface area contributed by atoms with Gasteiger partial charge >= 0.3 is 0 Å². The normalized spacial score (nSPS) is 25.5. The summed E-state index contributed by atoms with van der Waals surface area (Å²) in [5.74, 6) is -0.449. The van der Waals surface area contributed by atoms with E-state index >= 15 is 0 Å². The second-order valence-corrected chi connectivity index (χ2v) is 4.75. The van der Waals surface area contributed by atoms with Crippen LogP contribution in [0.4, 0.5) is 0 Å². The maximum absolute atomic E-state index is 5.66. The van der Waals surface area contributed by atoms with Crippen LogP contribution in [0.2, 0.25) is 0 Å². The number of rotatable bonds is 2. The number of hydrogen-bond donors (Lipinski definition) is 0. The van der Waals surface area contributed by atoms with Gasteiger partial charge in [0, 0.05) is 6.20 Å². The van der Waals surface area contributed by atoms with Crippen molar-refractivity contribution in [3.05, 3.63) is 16.9 Å². The summed E-state index contributed by atoms with van der Waals surface area (Å²) in [6.07, 6.45) is 3.78. The Morgan fingerprint density at radius 2 is 2.50 bits per heavy atom. The molecule has 0 amide bonds. The molecule has 1 aliphatic heterocycles. The fourth-order valence-corrected chi connectivity index (χ4v) is 1.83. The number of aromatic nitrogens is 2. The van der Waals surface area contributed by atoms with E-state index in [0.717, 1.165) is 11.0 Å². The third-order valence-electron chi connectivity index (χ3n) is 2.06. The molecule has 4 nitrogen and oxygen atoms in total. The zero-order valence-corrected chi connectivity index (χ0v) is 9.82. The highest BCUT2D eigenvalue weighted by atomic mass is 79.9. The van der Waals surface area contributed by atoms with Gasteiger partial charge in [-0.2, -0.15) is 5.10 Å². The monoisotopic (exact) mass is 260 g/mol. The molecule has 1 atom stereocenters. The van der Waals surface area contributed by atoms with Gasteiger partial charge in [-0.1, -0.05) is 0 Å². The number of hydrogen-bond acceptors (Lipinski definition) is 3. The van der Waals surface area contributed by atoms with Gasteiger partial charge in [-0.25, -0.2) is 0 Å². The molecule has 1 saturated heterocycles. The van der Waals surface area contributed by atoms with Crippen LogP contribution in [0, 0.1) is 0 Å². The van der Waals surface area contributed by atoms with E-state index < -0.39 is 5.79 Å². The molecule has 1 aromatic rings. The van der Waals surface area contributed by atoms with Crippen molar-refractivity contribution in [1.29, 1.82) is 0 Å². The zero-order chi connectivity index (χ0) is 10.2. The highest BCUT2D eigenvalue weighted by Crippen LogP contribution is 2.23. The van der Waals surface area contributed by atoms with Gasteiger partial charge in [0.2, 0.25) is 0 Å². The van der Waals surface area contributed by atoms with Crippen molar-refractivity contribution in [3.8, 4) is 0 Å². The van der Waals surface area contributed by atoms with E-state index in [1.54, 1.807) is 6.20 Å². The Morgan fingerprint density at radius 3 is 3.00 bits per heavy atom. The summed E-state index contributed by atoms with van der Waals surface area (Å²) >= 11 is 3.35. The quantitative estimate of drug-likeness (QED) is 0.814. The first-order valence-corrected chi connectivity index (χ1v) is 5.34. The van der Waals surface area contributed by atoms with Gasteiger partial charge in [-0.3, -0.25) is 4.68 Å². The topological polar surface area (TPSA) is 36.3 Å². The van der Waals surface area contributed by atoms with E-state index in [4.69, 9.17) is 9.47 Å². The fraction of sp³-hybridized carbons (Fsp3) is 0.667.